The van der Waals surface area contributed by atoms with Crippen molar-refractivity contribution in [2.24, 2.45) is 4.99 Å². The van der Waals surface area contributed by atoms with Crippen LogP contribution >= 0.6 is 0 Å². The van der Waals surface area contributed by atoms with Crippen LogP contribution in [0.4, 0.5) is 0 Å². The van der Waals surface area contributed by atoms with Crippen LogP contribution < -0.4 is 4.74 Å². The molecule has 0 fully saturated rings. The third kappa shape index (κ3) is 2.69. The Kier molecular flexibility index (Phi) is 3.67. The third-order valence-electron chi connectivity index (χ3n) is 1.59. The van der Waals surface area contributed by atoms with Crippen LogP contribution in [0.25, 0.3) is 0 Å². The van der Waals surface area contributed by atoms with Crippen molar-refractivity contribution in [1.82, 2.24) is 4.98 Å². The topological polar surface area (TPSA) is 51.6 Å². The Morgan fingerprint density at radius 1 is 1.69 bits per heavy atom. The molecule has 1 aromatic rings. The van der Waals surface area contributed by atoms with Gasteiger partial charge in [-0.05, 0) is 12.1 Å². The zero-order chi connectivity index (χ0) is 9.52. The number of hydrogen-bond donors (Lipinski definition) is 0. The third-order valence-corrected chi connectivity index (χ3v) is 1.59. The zero-order valence-electron chi connectivity index (χ0n) is 7.36. The summed E-state index contributed by atoms with van der Waals surface area (Å²) in [4.78, 5) is 17.4. The Hall–Kier alpha value is -1.67. The molecule has 0 aliphatic rings. The van der Waals surface area contributed by atoms with E-state index in [1.807, 2.05) is 6.07 Å². The van der Waals surface area contributed by atoms with Gasteiger partial charge in [-0.3, -0.25) is 4.98 Å². The summed E-state index contributed by atoms with van der Waals surface area (Å²) in [5.74, 6) is 0.726. The average molecular weight is 178 g/mol. The van der Waals surface area contributed by atoms with Gasteiger partial charge < -0.3 is 4.74 Å². The molecule has 4 heteroatoms. The number of nitrogens with zero attached hydrogens (tertiary/aromatic N) is 2. The smallest absolute Gasteiger partial charge is 0.234 e. The highest BCUT2D eigenvalue weighted by Gasteiger charge is 2.01. The minimum atomic E-state index is 0.400. The molecular formula is C9H10N2O2. The highest BCUT2D eigenvalue weighted by molar-refractivity contribution is 5.33. The molecule has 0 spiro atoms. The van der Waals surface area contributed by atoms with E-state index in [1.165, 1.54) is 6.08 Å². The first kappa shape index (κ1) is 9.42. The molecule has 0 atom stereocenters. The van der Waals surface area contributed by atoms with E-state index in [2.05, 4.69) is 9.98 Å². The summed E-state index contributed by atoms with van der Waals surface area (Å²) in [5.41, 5.74) is 0.809. The molecule has 0 saturated heterocycles. The van der Waals surface area contributed by atoms with Crippen LogP contribution in [0.15, 0.2) is 23.3 Å². The first-order chi connectivity index (χ1) is 6.38. The van der Waals surface area contributed by atoms with Crippen LogP contribution in [0.5, 0.6) is 5.75 Å². The van der Waals surface area contributed by atoms with E-state index < -0.39 is 0 Å². The molecule has 1 heterocycles. The quantitative estimate of drug-likeness (QED) is 0.510. The van der Waals surface area contributed by atoms with Crippen LogP contribution in [0.2, 0.25) is 0 Å². The molecule has 4 nitrogen and oxygen atoms in total. The van der Waals surface area contributed by atoms with Crippen molar-refractivity contribution in [3.05, 3.63) is 24.0 Å². The number of hydrogen-bond acceptors (Lipinski definition) is 4. The molecule has 1 aromatic heterocycles. The molecule has 0 unspecified atom stereocenters. The van der Waals surface area contributed by atoms with Crippen molar-refractivity contribution < 1.29 is 9.53 Å². The number of pyridine rings is 1. The van der Waals surface area contributed by atoms with Crippen molar-refractivity contribution in [2.75, 3.05) is 13.7 Å². The second kappa shape index (κ2) is 5.06. The number of isocyanates is 1. The van der Waals surface area contributed by atoms with Gasteiger partial charge in [0.1, 0.15) is 5.75 Å². The Morgan fingerprint density at radius 2 is 2.54 bits per heavy atom. The lowest BCUT2D eigenvalue weighted by Crippen LogP contribution is -1.97. The lowest BCUT2D eigenvalue weighted by atomic mass is 10.2. The highest BCUT2D eigenvalue weighted by Crippen LogP contribution is 2.14. The van der Waals surface area contributed by atoms with Gasteiger partial charge in [0.05, 0.1) is 19.3 Å². The molecule has 68 valence electrons. The fourth-order valence-electron chi connectivity index (χ4n) is 1.00. The second-order valence-electron chi connectivity index (χ2n) is 2.38. The van der Waals surface area contributed by atoms with Gasteiger partial charge >= 0.3 is 0 Å². The fraction of sp³-hybridized carbons (Fsp3) is 0.333. The largest absolute Gasteiger partial charge is 0.495 e. The lowest BCUT2D eigenvalue weighted by molar-refractivity contribution is 0.407. The van der Waals surface area contributed by atoms with Crippen molar-refractivity contribution in [3.8, 4) is 5.75 Å². The van der Waals surface area contributed by atoms with E-state index in [0.29, 0.717) is 13.0 Å². The van der Waals surface area contributed by atoms with Crippen molar-refractivity contribution >= 4 is 6.08 Å². The van der Waals surface area contributed by atoms with Crippen LogP contribution in [0, 0.1) is 0 Å². The summed E-state index contributed by atoms with van der Waals surface area (Å²) in [6.07, 6.45) is 3.76. The van der Waals surface area contributed by atoms with Crippen LogP contribution in [-0.2, 0) is 11.2 Å². The van der Waals surface area contributed by atoms with Gasteiger partial charge in [0.25, 0.3) is 0 Å². The molecule has 13 heavy (non-hydrogen) atoms. The maximum atomic E-state index is 9.81. The van der Waals surface area contributed by atoms with Crippen LogP contribution in [0.3, 0.4) is 0 Å². The normalized spacial score (nSPS) is 9.00. The van der Waals surface area contributed by atoms with Crippen LogP contribution in [-0.4, -0.2) is 24.7 Å². The minimum Gasteiger partial charge on any atom is -0.495 e. The Bertz CT molecular complexity index is 319. The van der Waals surface area contributed by atoms with Gasteiger partial charge in [-0.1, -0.05) is 0 Å². The highest BCUT2D eigenvalue weighted by atomic mass is 16.5. The SMILES string of the molecule is COc1cccnc1CCN=C=O. The van der Waals surface area contributed by atoms with E-state index in [4.69, 9.17) is 4.74 Å². The predicted octanol–water partition coefficient (Wildman–Crippen LogP) is 0.968. The van der Waals surface area contributed by atoms with Gasteiger partial charge in [-0.25, -0.2) is 9.79 Å². The van der Waals surface area contributed by atoms with Gasteiger partial charge in [-0.2, -0.15) is 0 Å². The summed E-state index contributed by atoms with van der Waals surface area (Å²) in [6.45, 7) is 0.400. The summed E-state index contributed by atoms with van der Waals surface area (Å²) >= 11 is 0. The van der Waals surface area contributed by atoms with Crippen molar-refractivity contribution in [2.45, 2.75) is 6.42 Å². The Morgan fingerprint density at radius 3 is 3.23 bits per heavy atom. The van der Waals surface area contributed by atoms with Crippen LogP contribution in [0.1, 0.15) is 5.69 Å². The van der Waals surface area contributed by atoms with E-state index >= 15 is 0 Å². The van der Waals surface area contributed by atoms with E-state index in [-0.39, 0.29) is 0 Å². The molecule has 1 rings (SSSR count). The maximum absolute atomic E-state index is 9.81. The number of carbonyl (C=O) groups excluding carboxylic acids is 1. The first-order valence-electron chi connectivity index (χ1n) is 3.90. The van der Waals surface area contributed by atoms with E-state index in [1.54, 1.807) is 19.4 Å². The van der Waals surface area contributed by atoms with Gasteiger partial charge in [0.2, 0.25) is 6.08 Å². The number of methoxy groups -OCH3 is 1. The second-order valence-corrected chi connectivity index (χ2v) is 2.38. The molecule has 0 bridgehead atoms. The molecule has 0 aliphatic heterocycles. The summed E-state index contributed by atoms with van der Waals surface area (Å²) in [5, 5.41) is 0. The predicted molar refractivity (Wildman–Crippen MR) is 47.5 cm³/mol. The van der Waals surface area contributed by atoms with Crippen molar-refractivity contribution in [3.63, 3.8) is 0 Å². The standard InChI is InChI=1S/C9H10N2O2/c1-13-9-3-2-5-11-8(9)4-6-10-7-12/h2-3,5H,4,6H2,1H3. The molecule has 0 radical (unpaired) electrons. The van der Waals surface area contributed by atoms with Gasteiger partial charge in [0, 0.05) is 12.6 Å². The fourth-order valence-corrected chi connectivity index (χ4v) is 1.00. The monoisotopic (exact) mass is 178 g/mol. The molecular weight excluding hydrogens is 168 g/mol. The number of ether oxygens (including phenoxy) is 1. The Labute approximate surface area is 76.3 Å². The average Bonchev–Trinajstić information content (AvgIpc) is 2.19. The number of aromatic nitrogens is 1. The molecule has 0 amide bonds. The van der Waals surface area contributed by atoms with Gasteiger partial charge in [-0.15, -0.1) is 0 Å². The van der Waals surface area contributed by atoms with Gasteiger partial charge in [0.15, 0.2) is 0 Å². The Balaban J connectivity index is 2.69. The van der Waals surface area contributed by atoms with Crippen molar-refractivity contribution in [1.29, 1.82) is 0 Å². The molecule has 0 aromatic carbocycles. The minimum absolute atomic E-state index is 0.400. The number of rotatable bonds is 4. The zero-order valence-corrected chi connectivity index (χ0v) is 7.36. The van der Waals surface area contributed by atoms with E-state index in [9.17, 15) is 4.79 Å². The lowest BCUT2D eigenvalue weighted by Gasteiger charge is -2.04. The van der Waals surface area contributed by atoms with E-state index in [0.717, 1.165) is 11.4 Å². The summed E-state index contributed by atoms with van der Waals surface area (Å²) in [7, 11) is 1.59. The molecule has 0 N–H and O–H groups in total. The molecule has 0 aliphatic carbocycles. The summed E-state index contributed by atoms with van der Waals surface area (Å²) in [6, 6.07) is 3.62. The first-order valence-corrected chi connectivity index (χ1v) is 3.90. The number of aliphatic imine (C=N–C) groups is 1. The summed E-state index contributed by atoms with van der Waals surface area (Å²) < 4.78 is 5.07. The molecule has 0 saturated carbocycles. The maximum Gasteiger partial charge on any atom is 0.234 e.